The second kappa shape index (κ2) is 4.25. The molecule has 68 valence electrons. The Morgan fingerprint density at radius 1 is 1.38 bits per heavy atom. The highest BCUT2D eigenvalue weighted by Gasteiger charge is 2.01. The van der Waals surface area contributed by atoms with Crippen LogP contribution in [-0.2, 0) is 4.74 Å². The molecule has 0 aromatic heterocycles. The summed E-state index contributed by atoms with van der Waals surface area (Å²) in [6.07, 6.45) is 3.24. The van der Waals surface area contributed by atoms with Gasteiger partial charge in [-0.15, -0.1) is 0 Å². The Kier molecular flexibility index (Phi) is 3.03. The predicted octanol–water partition coefficient (Wildman–Crippen LogP) is 2.21. The molecule has 0 spiro atoms. The van der Waals surface area contributed by atoms with E-state index in [1.165, 1.54) is 18.4 Å². The highest BCUT2D eigenvalue weighted by Crippen LogP contribution is 2.12. The number of nitrogens with zero attached hydrogens (tertiary/aromatic N) is 1. The number of nitro groups is 1. The first kappa shape index (κ1) is 9.25. The molecule has 0 unspecified atom stereocenters. The molecule has 0 N–H and O–H groups in total. The first-order valence-electron chi connectivity index (χ1n) is 3.68. The Bertz CT molecular complexity index is 316. The summed E-state index contributed by atoms with van der Waals surface area (Å²) in [5.41, 5.74) is 0.960. The van der Waals surface area contributed by atoms with E-state index in [0.29, 0.717) is 0 Å². The number of nitro benzene ring substituents is 1. The molecular weight excluding hydrogens is 170 g/mol. The van der Waals surface area contributed by atoms with E-state index in [4.69, 9.17) is 4.74 Å². The van der Waals surface area contributed by atoms with E-state index in [1.54, 1.807) is 25.3 Å². The van der Waals surface area contributed by atoms with Gasteiger partial charge in [0.2, 0.25) is 0 Å². The van der Waals surface area contributed by atoms with Gasteiger partial charge in [0, 0.05) is 12.1 Å². The molecule has 0 radical (unpaired) electrons. The minimum Gasteiger partial charge on any atom is -0.504 e. The van der Waals surface area contributed by atoms with Gasteiger partial charge in [-0.3, -0.25) is 10.1 Å². The Morgan fingerprint density at radius 3 is 2.46 bits per heavy atom. The van der Waals surface area contributed by atoms with E-state index < -0.39 is 4.92 Å². The van der Waals surface area contributed by atoms with Gasteiger partial charge in [0.25, 0.3) is 5.69 Å². The molecule has 4 heteroatoms. The molecule has 0 aliphatic heterocycles. The Hall–Kier alpha value is -1.84. The van der Waals surface area contributed by atoms with E-state index in [2.05, 4.69) is 0 Å². The smallest absolute Gasteiger partial charge is 0.269 e. The van der Waals surface area contributed by atoms with Crippen LogP contribution in [0.15, 0.2) is 30.5 Å². The molecule has 4 nitrogen and oxygen atoms in total. The van der Waals surface area contributed by atoms with Crippen molar-refractivity contribution in [3.05, 3.63) is 46.2 Å². The van der Waals surface area contributed by atoms with Gasteiger partial charge in [-0.05, 0) is 23.8 Å². The Morgan fingerprint density at radius 2 is 2.00 bits per heavy atom. The van der Waals surface area contributed by atoms with Gasteiger partial charge in [0.1, 0.15) is 0 Å². The standard InChI is InChI=1S/C9H9NO3/c1-13-7-6-8-2-4-9(5-3-8)10(11)12/h2-7H,1H3/b7-6+. The van der Waals surface area contributed by atoms with Crippen molar-refractivity contribution < 1.29 is 9.66 Å². The van der Waals surface area contributed by atoms with Crippen LogP contribution in [0, 0.1) is 10.1 Å². The monoisotopic (exact) mass is 179 g/mol. The lowest BCUT2D eigenvalue weighted by Gasteiger charge is -1.93. The zero-order chi connectivity index (χ0) is 9.68. The van der Waals surface area contributed by atoms with Crippen LogP contribution in [-0.4, -0.2) is 12.0 Å². The van der Waals surface area contributed by atoms with Gasteiger partial charge in [-0.1, -0.05) is 0 Å². The van der Waals surface area contributed by atoms with Crippen LogP contribution in [0.25, 0.3) is 6.08 Å². The van der Waals surface area contributed by atoms with Crippen molar-refractivity contribution >= 4 is 11.8 Å². The largest absolute Gasteiger partial charge is 0.504 e. The number of ether oxygens (including phenoxy) is 1. The maximum atomic E-state index is 10.3. The van der Waals surface area contributed by atoms with Crippen LogP contribution in [0.1, 0.15) is 5.56 Å². The summed E-state index contributed by atoms with van der Waals surface area (Å²) < 4.78 is 4.71. The second-order valence-corrected chi connectivity index (χ2v) is 2.39. The fourth-order valence-electron chi connectivity index (χ4n) is 0.854. The van der Waals surface area contributed by atoms with Crippen molar-refractivity contribution in [3.8, 4) is 0 Å². The van der Waals surface area contributed by atoms with Crippen LogP contribution in [0.5, 0.6) is 0 Å². The van der Waals surface area contributed by atoms with Crippen LogP contribution in [0.4, 0.5) is 5.69 Å². The molecule has 0 aliphatic rings. The molecule has 1 aromatic rings. The quantitative estimate of drug-likeness (QED) is 0.406. The molecule has 0 fully saturated rings. The first-order chi connectivity index (χ1) is 6.24. The summed E-state index contributed by atoms with van der Waals surface area (Å²) in [6, 6.07) is 6.23. The maximum Gasteiger partial charge on any atom is 0.269 e. The molecular formula is C9H9NO3. The van der Waals surface area contributed by atoms with Crippen molar-refractivity contribution in [3.63, 3.8) is 0 Å². The van der Waals surface area contributed by atoms with Crippen molar-refractivity contribution in [2.24, 2.45) is 0 Å². The molecule has 0 atom stereocenters. The zero-order valence-electron chi connectivity index (χ0n) is 7.14. The highest BCUT2D eigenvalue weighted by atomic mass is 16.6. The number of methoxy groups -OCH3 is 1. The summed E-state index contributed by atoms with van der Waals surface area (Å²) in [6.45, 7) is 0. The molecule has 0 saturated heterocycles. The third kappa shape index (κ3) is 2.59. The Balaban J connectivity index is 2.81. The lowest BCUT2D eigenvalue weighted by atomic mass is 10.2. The number of rotatable bonds is 3. The Labute approximate surface area is 75.6 Å². The van der Waals surface area contributed by atoms with Gasteiger partial charge in [0.15, 0.2) is 0 Å². The average molecular weight is 179 g/mol. The van der Waals surface area contributed by atoms with Gasteiger partial charge in [-0.2, -0.15) is 0 Å². The molecule has 0 heterocycles. The van der Waals surface area contributed by atoms with Gasteiger partial charge >= 0.3 is 0 Å². The summed E-state index contributed by atoms with van der Waals surface area (Å²) >= 11 is 0. The highest BCUT2D eigenvalue weighted by molar-refractivity contribution is 5.50. The van der Waals surface area contributed by atoms with Crippen molar-refractivity contribution in [1.82, 2.24) is 0 Å². The SMILES string of the molecule is CO/C=C/c1ccc([N+](=O)[O-])cc1. The summed E-state index contributed by atoms with van der Waals surface area (Å²) in [5.74, 6) is 0. The third-order valence-corrected chi connectivity index (χ3v) is 1.50. The van der Waals surface area contributed by atoms with E-state index in [9.17, 15) is 10.1 Å². The topological polar surface area (TPSA) is 52.4 Å². The van der Waals surface area contributed by atoms with Crippen molar-refractivity contribution in [1.29, 1.82) is 0 Å². The van der Waals surface area contributed by atoms with Crippen molar-refractivity contribution in [2.45, 2.75) is 0 Å². The van der Waals surface area contributed by atoms with E-state index >= 15 is 0 Å². The van der Waals surface area contributed by atoms with E-state index in [1.807, 2.05) is 0 Å². The minimum absolute atomic E-state index is 0.0922. The predicted molar refractivity (Wildman–Crippen MR) is 49.1 cm³/mol. The number of hydrogen-bond donors (Lipinski definition) is 0. The van der Waals surface area contributed by atoms with Gasteiger partial charge < -0.3 is 4.74 Å². The summed E-state index contributed by atoms with van der Waals surface area (Å²) in [5, 5.41) is 10.3. The van der Waals surface area contributed by atoms with Crippen LogP contribution in [0.3, 0.4) is 0 Å². The molecule has 0 aliphatic carbocycles. The molecule has 0 amide bonds. The minimum atomic E-state index is -0.427. The lowest BCUT2D eigenvalue weighted by Crippen LogP contribution is -1.86. The summed E-state index contributed by atoms with van der Waals surface area (Å²) in [4.78, 5) is 9.86. The zero-order valence-corrected chi connectivity index (χ0v) is 7.14. The fraction of sp³-hybridized carbons (Fsp3) is 0.111. The molecule has 13 heavy (non-hydrogen) atoms. The third-order valence-electron chi connectivity index (χ3n) is 1.50. The van der Waals surface area contributed by atoms with Crippen LogP contribution in [0.2, 0.25) is 0 Å². The van der Waals surface area contributed by atoms with Crippen molar-refractivity contribution in [2.75, 3.05) is 7.11 Å². The summed E-state index contributed by atoms with van der Waals surface area (Å²) in [7, 11) is 1.54. The lowest BCUT2D eigenvalue weighted by molar-refractivity contribution is -0.384. The molecule has 0 saturated carbocycles. The van der Waals surface area contributed by atoms with Crippen LogP contribution >= 0.6 is 0 Å². The number of non-ortho nitro benzene ring substituents is 1. The van der Waals surface area contributed by atoms with Gasteiger partial charge in [-0.25, -0.2) is 0 Å². The van der Waals surface area contributed by atoms with Gasteiger partial charge in [0.05, 0.1) is 18.3 Å². The second-order valence-electron chi connectivity index (χ2n) is 2.39. The van der Waals surface area contributed by atoms with E-state index in [-0.39, 0.29) is 5.69 Å². The normalized spacial score (nSPS) is 10.2. The maximum absolute atomic E-state index is 10.3. The molecule has 1 aromatic carbocycles. The molecule has 1 rings (SSSR count). The molecule has 0 bridgehead atoms. The average Bonchev–Trinajstić information content (AvgIpc) is 2.15. The van der Waals surface area contributed by atoms with E-state index in [0.717, 1.165) is 5.56 Å². The fourth-order valence-corrected chi connectivity index (χ4v) is 0.854. The number of hydrogen-bond acceptors (Lipinski definition) is 3. The number of benzene rings is 1. The first-order valence-corrected chi connectivity index (χ1v) is 3.68. The van der Waals surface area contributed by atoms with Crippen LogP contribution < -0.4 is 0 Å².